The van der Waals surface area contributed by atoms with Crippen molar-refractivity contribution in [3.05, 3.63) is 84.2 Å². The van der Waals surface area contributed by atoms with Crippen LogP contribution in [0.3, 0.4) is 0 Å². The number of likely N-dealkylation sites (N-methyl/N-ethyl adjacent to an activating group) is 1. The largest absolute Gasteiger partial charge is 0.493 e. The molecular weight excluding hydrogens is 518 g/mol. The van der Waals surface area contributed by atoms with Gasteiger partial charge in [-0.3, -0.25) is 19.4 Å². The van der Waals surface area contributed by atoms with Gasteiger partial charge in [0.2, 0.25) is 11.8 Å². The monoisotopic (exact) mass is 557 g/mol. The lowest BCUT2D eigenvalue weighted by Crippen LogP contribution is -2.46. The third-order valence-corrected chi connectivity index (χ3v) is 7.56. The zero-order valence-corrected chi connectivity index (χ0v) is 24.5. The van der Waals surface area contributed by atoms with Gasteiger partial charge in [-0.05, 0) is 68.7 Å². The highest BCUT2D eigenvalue weighted by molar-refractivity contribution is 6.19. The van der Waals surface area contributed by atoms with Gasteiger partial charge in [-0.1, -0.05) is 18.2 Å². The van der Waals surface area contributed by atoms with E-state index in [9.17, 15) is 14.4 Å². The van der Waals surface area contributed by atoms with E-state index >= 15 is 0 Å². The summed E-state index contributed by atoms with van der Waals surface area (Å²) in [5.74, 6) is 0.106. The molecule has 4 rings (SSSR count). The first-order valence-corrected chi connectivity index (χ1v) is 13.9. The quantitative estimate of drug-likeness (QED) is 0.361. The van der Waals surface area contributed by atoms with Crippen molar-refractivity contribution in [3.8, 4) is 5.75 Å². The van der Waals surface area contributed by atoms with Crippen LogP contribution in [0.5, 0.6) is 5.75 Å². The molecule has 0 fully saturated rings. The smallest absolute Gasteiger partial charge is 0.253 e. The lowest BCUT2D eigenvalue weighted by Gasteiger charge is -2.25. The first kappa shape index (κ1) is 29.7. The van der Waals surface area contributed by atoms with Crippen LogP contribution in [0.15, 0.2) is 73.1 Å². The molecule has 0 aliphatic carbocycles. The standard InChI is InChI=1S/C32H39N5O4/c1-32(2)30(39)36(4)27-12-11-26(22-28(27)37(5)31(32)40)41-20-15-25(21-23-13-16-33-17-14-23)34-18-19-35(3)29(38)24-9-7-6-8-10-24/h6-14,16-17,22,25,34H,15,18-21H2,1-5H3. The van der Waals surface area contributed by atoms with E-state index in [2.05, 4.69) is 10.3 Å². The van der Waals surface area contributed by atoms with E-state index in [1.54, 1.807) is 45.2 Å². The molecule has 1 aliphatic rings. The highest BCUT2D eigenvalue weighted by Crippen LogP contribution is 2.39. The molecule has 9 nitrogen and oxygen atoms in total. The molecule has 1 atom stereocenters. The highest BCUT2D eigenvalue weighted by Gasteiger charge is 2.44. The van der Waals surface area contributed by atoms with Crippen molar-refractivity contribution < 1.29 is 19.1 Å². The first-order chi connectivity index (χ1) is 19.6. The third-order valence-electron chi connectivity index (χ3n) is 7.56. The maximum Gasteiger partial charge on any atom is 0.253 e. The third kappa shape index (κ3) is 6.92. The maximum atomic E-state index is 13.0. The molecule has 3 aromatic rings. The van der Waals surface area contributed by atoms with Gasteiger partial charge in [0, 0.05) is 64.3 Å². The van der Waals surface area contributed by atoms with Crippen molar-refractivity contribution in [1.82, 2.24) is 15.2 Å². The second-order valence-corrected chi connectivity index (χ2v) is 10.9. The summed E-state index contributed by atoms with van der Waals surface area (Å²) in [5, 5.41) is 3.59. The molecule has 2 aromatic carbocycles. The van der Waals surface area contributed by atoms with Crippen LogP contribution in [-0.4, -0.2) is 74.5 Å². The average Bonchev–Trinajstić information content (AvgIpc) is 3.03. The number of pyridine rings is 1. The number of fused-ring (bicyclic) bond motifs is 1. The molecule has 216 valence electrons. The second kappa shape index (κ2) is 13.0. The Labute approximate surface area is 242 Å². The predicted molar refractivity (Wildman–Crippen MR) is 160 cm³/mol. The Bertz CT molecular complexity index is 1360. The Kier molecular flexibility index (Phi) is 9.39. The summed E-state index contributed by atoms with van der Waals surface area (Å²) < 4.78 is 6.14. The van der Waals surface area contributed by atoms with Crippen LogP contribution < -0.4 is 19.9 Å². The Morgan fingerprint density at radius 3 is 2.32 bits per heavy atom. The number of hydrogen-bond acceptors (Lipinski definition) is 6. The van der Waals surface area contributed by atoms with Crippen molar-refractivity contribution >= 4 is 29.1 Å². The average molecular weight is 558 g/mol. The summed E-state index contributed by atoms with van der Waals surface area (Å²) in [5.41, 5.74) is 1.96. The molecule has 41 heavy (non-hydrogen) atoms. The van der Waals surface area contributed by atoms with Crippen molar-refractivity contribution in [2.45, 2.75) is 32.7 Å². The van der Waals surface area contributed by atoms with Crippen LogP contribution in [0.4, 0.5) is 11.4 Å². The predicted octanol–water partition coefficient (Wildman–Crippen LogP) is 3.79. The van der Waals surface area contributed by atoms with Crippen molar-refractivity contribution in [1.29, 1.82) is 0 Å². The SMILES string of the molecule is CN(CCNC(CCOc1ccc2c(c1)N(C)C(=O)C(C)(C)C(=O)N2C)Cc1ccncc1)C(=O)c1ccccc1. The summed E-state index contributed by atoms with van der Waals surface area (Å²) in [4.78, 5) is 47.6. The number of ether oxygens (including phenoxy) is 1. The molecule has 9 heteroatoms. The normalized spacial score (nSPS) is 15.2. The second-order valence-electron chi connectivity index (χ2n) is 10.9. The number of anilines is 2. The Balaban J connectivity index is 1.39. The van der Waals surface area contributed by atoms with Gasteiger partial charge in [-0.25, -0.2) is 0 Å². The lowest BCUT2D eigenvalue weighted by atomic mass is 9.90. The number of nitrogens with one attached hydrogen (secondary N) is 1. The van der Waals surface area contributed by atoms with Gasteiger partial charge in [-0.15, -0.1) is 0 Å². The minimum absolute atomic E-state index is 0.0104. The Hall–Kier alpha value is -4.24. The molecule has 1 unspecified atom stereocenters. The van der Waals surface area contributed by atoms with Gasteiger partial charge in [0.25, 0.3) is 5.91 Å². The molecule has 1 aromatic heterocycles. The summed E-state index contributed by atoms with van der Waals surface area (Å²) in [6, 6.07) is 18.8. The van der Waals surface area contributed by atoms with Crippen LogP contribution in [0, 0.1) is 5.41 Å². The number of hydrogen-bond donors (Lipinski definition) is 1. The minimum atomic E-state index is -1.16. The fourth-order valence-corrected chi connectivity index (χ4v) is 5.03. The van der Waals surface area contributed by atoms with Crippen molar-refractivity contribution in [2.24, 2.45) is 5.41 Å². The van der Waals surface area contributed by atoms with Crippen LogP contribution in [0.2, 0.25) is 0 Å². The highest BCUT2D eigenvalue weighted by atomic mass is 16.5. The van der Waals surface area contributed by atoms with Crippen LogP contribution in [-0.2, 0) is 16.0 Å². The van der Waals surface area contributed by atoms with E-state index in [0.29, 0.717) is 42.4 Å². The van der Waals surface area contributed by atoms with E-state index in [1.165, 1.54) is 9.80 Å². The number of carbonyl (C=O) groups is 3. The summed E-state index contributed by atoms with van der Waals surface area (Å²) in [7, 11) is 5.19. The fourth-order valence-electron chi connectivity index (χ4n) is 5.03. The van der Waals surface area contributed by atoms with Crippen molar-refractivity contribution in [2.75, 3.05) is 50.6 Å². The summed E-state index contributed by atoms with van der Waals surface area (Å²) in [6.07, 6.45) is 5.07. The lowest BCUT2D eigenvalue weighted by molar-refractivity contribution is -0.137. The van der Waals surface area contributed by atoms with Crippen LogP contribution in [0.1, 0.15) is 36.2 Å². The number of amides is 3. The first-order valence-electron chi connectivity index (χ1n) is 13.9. The molecule has 0 spiro atoms. The zero-order valence-electron chi connectivity index (χ0n) is 24.5. The van der Waals surface area contributed by atoms with Gasteiger partial charge in [0.15, 0.2) is 0 Å². The molecule has 0 bridgehead atoms. The van der Waals surface area contributed by atoms with Gasteiger partial charge >= 0.3 is 0 Å². The number of carbonyl (C=O) groups excluding carboxylic acids is 3. The van der Waals surface area contributed by atoms with Crippen LogP contribution >= 0.6 is 0 Å². The molecule has 0 saturated carbocycles. The summed E-state index contributed by atoms with van der Waals surface area (Å²) >= 11 is 0. The van der Waals surface area contributed by atoms with E-state index in [4.69, 9.17) is 4.74 Å². The number of aromatic nitrogens is 1. The number of rotatable bonds is 11. The maximum absolute atomic E-state index is 13.0. The van der Waals surface area contributed by atoms with E-state index in [0.717, 1.165) is 18.4 Å². The molecule has 0 saturated heterocycles. The molecule has 3 amide bonds. The molecular formula is C32H39N5O4. The molecule has 1 N–H and O–H groups in total. The van der Waals surface area contributed by atoms with Gasteiger partial charge < -0.3 is 24.8 Å². The van der Waals surface area contributed by atoms with E-state index < -0.39 is 5.41 Å². The minimum Gasteiger partial charge on any atom is -0.493 e. The molecule has 1 aliphatic heterocycles. The Morgan fingerprint density at radius 1 is 0.976 bits per heavy atom. The van der Waals surface area contributed by atoms with E-state index in [-0.39, 0.29) is 23.8 Å². The zero-order chi connectivity index (χ0) is 29.6. The van der Waals surface area contributed by atoms with Crippen molar-refractivity contribution in [3.63, 3.8) is 0 Å². The molecule has 2 heterocycles. The topological polar surface area (TPSA) is 95.1 Å². The summed E-state index contributed by atoms with van der Waals surface area (Å²) in [6.45, 7) is 4.94. The van der Waals surface area contributed by atoms with E-state index in [1.807, 2.05) is 67.7 Å². The fraction of sp³-hybridized carbons (Fsp3) is 0.375. The number of nitrogens with zero attached hydrogens (tertiary/aromatic N) is 4. The molecule has 0 radical (unpaired) electrons. The van der Waals surface area contributed by atoms with Gasteiger partial charge in [0.05, 0.1) is 18.0 Å². The number of benzene rings is 2. The van der Waals surface area contributed by atoms with Gasteiger partial charge in [-0.2, -0.15) is 0 Å². The van der Waals surface area contributed by atoms with Gasteiger partial charge in [0.1, 0.15) is 11.2 Å². The Morgan fingerprint density at radius 2 is 1.63 bits per heavy atom. The van der Waals surface area contributed by atoms with Crippen LogP contribution in [0.25, 0.3) is 0 Å².